The predicted octanol–water partition coefficient (Wildman–Crippen LogP) is 2.93. The molecule has 1 aromatic carbocycles. The summed E-state index contributed by atoms with van der Waals surface area (Å²) in [4.78, 5) is 14.3. The van der Waals surface area contributed by atoms with Crippen LogP contribution in [0.4, 0.5) is 11.4 Å². The Bertz CT molecular complexity index is 546. The number of carbonyl (C=O) groups excluding carboxylic acids is 1. The molecular formula is C15H20ClN3O. The van der Waals surface area contributed by atoms with Crippen LogP contribution in [-0.2, 0) is 4.79 Å². The molecule has 2 N–H and O–H groups in total. The van der Waals surface area contributed by atoms with E-state index in [4.69, 9.17) is 11.6 Å². The standard InChI is InChI=1S/C15H20ClN3O/c1-3-17-14-10-7-11(16)13(8-12(10)18-15(14)20)19-6-4-5-9(19)2/h7-9,14,17H,3-6H2,1-2H3,(H,18,20). The van der Waals surface area contributed by atoms with Gasteiger partial charge in [-0.15, -0.1) is 0 Å². The molecule has 2 atom stereocenters. The molecule has 3 rings (SSSR count). The molecule has 108 valence electrons. The summed E-state index contributed by atoms with van der Waals surface area (Å²) in [5, 5.41) is 6.88. The van der Waals surface area contributed by atoms with Gasteiger partial charge in [0.1, 0.15) is 6.04 Å². The molecule has 0 aromatic heterocycles. The second kappa shape index (κ2) is 5.26. The van der Waals surface area contributed by atoms with Crippen molar-refractivity contribution in [2.75, 3.05) is 23.3 Å². The second-order valence-corrected chi connectivity index (χ2v) is 5.96. The first-order valence-electron chi connectivity index (χ1n) is 7.26. The zero-order chi connectivity index (χ0) is 14.3. The van der Waals surface area contributed by atoms with Crippen molar-refractivity contribution in [1.29, 1.82) is 0 Å². The van der Waals surface area contributed by atoms with Gasteiger partial charge in [0, 0.05) is 23.8 Å². The topological polar surface area (TPSA) is 44.4 Å². The Morgan fingerprint density at radius 1 is 1.50 bits per heavy atom. The van der Waals surface area contributed by atoms with Gasteiger partial charge in [0.05, 0.1) is 10.7 Å². The Morgan fingerprint density at radius 2 is 2.30 bits per heavy atom. The van der Waals surface area contributed by atoms with Gasteiger partial charge in [-0.05, 0) is 38.4 Å². The summed E-state index contributed by atoms with van der Waals surface area (Å²) in [6.45, 7) is 5.99. The molecule has 0 aliphatic carbocycles. The molecule has 0 radical (unpaired) electrons. The molecular weight excluding hydrogens is 274 g/mol. The fourth-order valence-corrected chi connectivity index (χ4v) is 3.47. The first-order chi connectivity index (χ1) is 9.61. The van der Waals surface area contributed by atoms with E-state index in [1.165, 1.54) is 12.8 Å². The molecule has 20 heavy (non-hydrogen) atoms. The smallest absolute Gasteiger partial charge is 0.246 e. The van der Waals surface area contributed by atoms with Crippen LogP contribution in [0, 0.1) is 0 Å². The van der Waals surface area contributed by atoms with Crippen molar-refractivity contribution in [2.45, 2.75) is 38.8 Å². The lowest BCUT2D eigenvalue weighted by Crippen LogP contribution is -2.27. The highest BCUT2D eigenvalue weighted by atomic mass is 35.5. The van der Waals surface area contributed by atoms with Crippen LogP contribution < -0.4 is 15.5 Å². The van der Waals surface area contributed by atoms with Crippen molar-refractivity contribution in [2.24, 2.45) is 0 Å². The highest BCUT2D eigenvalue weighted by Gasteiger charge is 2.32. The van der Waals surface area contributed by atoms with E-state index in [0.29, 0.717) is 6.04 Å². The largest absolute Gasteiger partial charge is 0.368 e. The highest BCUT2D eigenvalue weighted by Crippen LogP contribution is 2.40. The minimum Gasteiger partial charge on any atom is -0.368 e. The highest BCUT2D eigenvalue weighted by molar-refractivity contribution is 6.33. The summed E-state index contributed by atoms with van der Waals surface area (Å²) in [5.74, 6) is 0.00420. The molecule has 0 bridgehead atoms. The number of amides is 1. The van der Waals surface area contributed by atoms with Crippen molar-refractivity contribution in [1.82, 2.24) is 5.32 Å². The average molecular weight is 294 g/mol. The van der Waals surface area contributed by atoms with Gasteiger partial charge < -0.3 is 15.5 Å². The molecule has 2 aliphatic heterocycles. The molecule has 5 heteroatoms. The number of anilines is 2. The quantitative estimate of drug-likeness (QED) is 0.900. The summed E-state index contributed by atoms with van der Waals surface area (Å²) in [6, 6.07) is 4.18. The molecule has 0 spiro atoms. The van der Waals surface area contributed by atoms with E-state index in [0.717, 1.165) is 35.1 Å². The maximum Gasteiger partial charge on any atom is 0.246 e. The molecule has 1 saturated heterocycles. The van der Waals surface area contributed by atoms with Crippen LogP contribution >= 0.6 is 11.6 Å². The minimum absolute atomic E-state index is 0.00420. The van der Waals surface area contributed by atoms with E-state index >= 15 is 0 Å². The summed E-state index contributed by atoms with van der Waals surface area (Å²) in [6.07, 6.45) is 2.39. The molecule has 1 fully saturated rings. The third-order valence-corrected chi connectivity index (χ3v) is 4.52. The van der Waals surface area contributed by atoms with Crippen LogP contribution in [0.2, 0.25) is 5.02 Å². The van der Waals surface area contributed by atoms with Gasteiger partial charge >= 0.3 is 0 Å². The monoisotopic (exact) mass is 293 g/mol. The minimum atomic E-state index is -0.280. The Kier molecular flexibility index (Phi) is 3.61. The van der Waals surface area contributed by atoms with Gasteiger partial charge in [-0.25, -0.2) is 0 Å². The summed E-state index contributed by atoms with van der Waals surface area (Å²) in [5.41, 5.74) is 2.88. The number of nitrogens with zero attached hydrogens (tertiary/aromatic N) is 1. The van der Waals surface area contributed by atoms with Crippen molar-refractivity contribution < 1.29 is 4.79 Å². The average Bonchev–Trinajstić information content (AvgIpc) is 2.95. The summed E-state index contributed by atoms with van der Waals surface area (Å²) in [7, 11) is 0. The van der Waals surface area contributed by atoms with E-state index in [1.54, 1.807) is 0 Å². The number of likely N-dealkylation sites (N-methyl/N-ethyl adjacent to an activating group) is 1. The van der Waals surface area contributed by atoms with Crippen LogP contribution in [-0.4, -0.2) is 25.0 Å². The van der Waals surface area contributed by atoms with E-state index in [2.05, 4.69) is 22.5 Å². The van der Waals surface area contributed by atoms with Crippen LogP contribution in [0.3, 0.4) is 0 Å². The van der Waals surface area contributed by atoms with Crippen molar-refractivity contribution in [3.63, 3.8) is 0 Å². The van der Waals surface area contributed by atoms with Crippen molar-refractivity contribution in [3.05, 3.63) is 22.7 Å². The zero-order valence-electron chi connectivity index (χ0n) is 11.9. The molecule has 0 saturated carbocycles. The third kappa shape index (κ3) is 2.17. The first-order valence-corrected chi connectivity index (χ1v) is 7.64. The number of hydrogen-bond acceptors (Lipinski definition) is 3. The molecule has 2 aliphatic rings. The van der Waals surface area contributed by atoms with Crippen molar-refractivity contribution >= 4 is 28.9 Å². The lowest BCUT2D eigenvalue weighted by Gasteiger charge is -2.25. The Hall–Kier alpha value is -1.26. The molecule has 4 nitrogen and oxygen atoms in total. The van der Waals surface area contributed by atoms with Gasteiger partial charge in [0.15, 0.2) is 0 Å². The Morgan fingerprint density at radius 3 is 2.95 bits per heavy atom. The van der Waals surface area contributed by atoms with E-state index in [-0.39, 0.29) is 11.9 Å². The number of halogens is 1. The maximum absolute atomic E-state index is 12.0. The van der Waals surface area contributed by atoms with E-state index in [1.807, 2.05) is 19.1 Å². The lowest BCUT2D eigenvalue weighted by molar-refractivity contribution is -0.117. The predicted molar refractivity (Wildman–Crippen MR) is 82.5 cm³/mol. The molecule has 1 amide bonds. The fraction of sp³-hybridized carbons (Fsp3) is 0.533. The normalized spacial score (nSPS) is 24.9. The zero-order valence-corrected chi connectivity index (χ0v) is 12.6. The molecule has 2 heterocycles. The lowest BCUT2D eigenvalue weighted by atomic mass is 10.1. The van der Waals surface area contributed by atoms with Gasteiger partial charge in [-0.2, -0.15) is 0 Å². The SMILES string of the molecule is CCNC1C(=O)Nc2cc(N3CCCC3C)c(Cl)cc21. The molecule has 2 unspecified atom stereocenters. The van der Waals surface area contributed by atoms with Gasteiger partial charge in [0.2, 0.25) is 5.91 Å². The number of rotatable bonds is 3. The van der Waals surface area contributed by atoms with E-state index in [9.17, 15) is 4.79 Å². The van der Waals surface area contributed by atoms with Gasteiger partial charge in [-0.3, -0.25) is 4.79 Å². The number of benzene rings is 1. The van der Waals surface area contributed by atoms with Gasteiger partial charge in [0.25, 0.3) is 0 Å². The Balaban J connectivity index is 1.98. The van der Waals surface area contributed by atoms with Crippen molar-refractivity contribution in [3.8, 4) is 0 Å². The fourth-order valence-electron chi connectivity index (χ4n) is 3.19. The number of carbonyl (C=O) groups is 1. The second-order valence-electron chi connectivity index (χ2n) is 5.56. The van der Waals surface area contributed by atoms with Crippen LogP contribution in [0.5, 0.6) is 0 Å². The molecule has 1 aromatic rings. The number of nitrogens with one attached hydrogen (secondary N) is 2. The van der Waals surface area contributed by atoms with Crippen LogP contribution in [0.1, 0.15) is 38.3 Å². The van der Waals surface area contributed by atoms with Crippen LogP contribution in [0.25, 0.3) is 0 Å². The maximum atomic E-state index is 12.0. The van der Waals surface area contributed by atoms with E-state index < -0.39 is 0 Å². The van der Waals surface area contributed by atoms with Gasteiger partial charge in [-0.1, -0.05) is 18.5 Å². The number of fused-ring (bicyclic) bond motifs is 1. The summed E-state index contributed by atoms with van der Waals surface area (Å²) >= 11 is 6.46. The summed E-state index contributed by atoms with van der Waals surface area (Å²) < 4.78 is 0. The van der Waals surface area contributed by atoms with Crippen LogP contribution in [0.15, 0.2) is 12.1 Å². The third-order valence-electron chi connectivity index (χ3n) is 4.22. The Labute approximate surface area is 124 Å². The number of hydrogen-bond donors (Lipinski definition) is 2. The first kappa shape index (κ1) is 13.7.